The molecule has 0 atom stereocenters. The quantitative estimate of drug-likeness (QED) is 0.485. The predicted molar refractivity (Wildman–Crippen MR) is 81.2 cm³/mol. The van der Waals surface area contributed by atoms with E-state index in [0.29, 0.717) is 0 Å². The second kappa shape index (κ2) is 3.99. The summed E-state index contributed by atoms with van der Waals surface area (Å²) in [7, 11) is 0. The summed E-state index contributed by atoms with van der Waals surface area (Å²) >= 11 is 0. The van der Waals surface area contributed by atoms with Crippen molar-refractivity contribution < 1.29 is 0 Å². The number of aromatic amines is 1. The van der Waals surface area contributed by atoms with Crippen LogP contribution in [-0.2, 0) is 0 Å². The largest absolute Gasteiger partial charge is 0.355 e. The summed E-state index contributed by atoms with van der Waals surface area (Å²) in [6.07, 6.45) is 0. The molecule has 0 saturated carbocycles. The fourth-order valence-corrected chi connectivity index (χ4v) is 2.66. The van der Waals surface area contributed by atoms with Gasteiger partial charge in [0.15, 0.2) is 0 Å². The van der Waals surface area contributed by atoms with E-state index in [4.69, 9.17) is 0 Å². The van der Waals surface area contributed by atoms with Gasteiger partial charge in [0.25, 0.3) is 0 Å². The van der Waals surface area contributed by atoms with Crippen molar-refractivity contribution in [2.24, 2.45) is 0 Å². The van der Waals surface area contributed by atoms with Gasteiger partial charge in [0.2, 0.25) is 0 Å². The standard InChI is InChI=1S/C18H13N/c1-2-7-14(8-3-1)18-12-16-15-9-5-4-6-13(15)10-11-17(16)19-18/h1-12,19H. The van der Waals surface area contributed by atoms with Crippen molar-refractivity contribution in [3.05, 3.63) is 72.8 Å². The van der Waals surface area contributed by atoms with Crippen LogP contribution in [0.5, 0.6) is 0 Å². The average Bonchev–Trinajstić information content (AvgIpc) is 2.93. The Kier molecular flexibility index (Phi) is 2.18. The molecule has 1 aromatic heterocycles. The van der Waals surface area contributed by atoms with Gasteiger partial charge in [0, 0.05) is 16.6 Å². The number of hydrogen-bond donors (Lipinski definition) is 1. The Balaban J connectivity index is 2.04. The first kappa shape index (κ1) is 10.4. The molecule has 0 unspecified atom stereocenters. The molecule has 0 aliphatic rings. The van der Waals surface area contributed by atoms with Crippen molar-refractivity contribution in [2.45, 2.75) is 0 Å². The first-order valence-electron chi connectivity index (χ1n) is 6.48. The molecule has 1 heteroatoms. The van der Waals surface area contributed by atoms with Crippen molar-refractivity contribution in [3.8, 4) is 11.3 Å². The maximum atomic E-state index is 3.50. The predicted octanol–water partition coefficient (Wildman–Crippen LogP) is 4.99. The number of benzene rings is 3. The Labute approximate surface area is 111 Å². The molecule has 0 saturated heterocycles. The number of hydrogen-bond acceptors (Lipinski definition) is 0. The van der Waals surface area contributed by atoms with Gasteiger partial charge in [-0.15, -0.1) is 0 Å². The first-order valence-corrected chi connectivity index (χ1v) is 6.48. The van der Waals surface area contributed by atoms with Crippen LogP contribution in [0, 0.1) is 0 Å². The zero-order valence-corrected chi connectivity index (χ0v) is 10.4. The third-order valence-corrected chi connectivity index (χ3v) is 3.61. The molecular formula is C18H13N. The van der Waals surface area contributed by atoms with Crippen LogP contribution < -0.4 is 0 Å². The number of nitrogens with one attached hydrogen (secondary N) is 1. The molecule has 0 bridgehead atoms. The average molecular weight is 243 g/mol. The molecular weight excluding hydrogens is 230 g/mol. The van der Waals surface area contributed by atoms with E-state index in [1.165, 1.54) is 32.9 Å². The molecule has 0 aliphatic carbocycles. The van der Waals surface area contributed by atoms with Gasteiger partial charge in [-0.1, -0.05) is 60.7 Å². The molecule has 4 aromatic rings. The van der Waals surface area contributed by atoms with Gasteiger partial charge in [-0.25, -0.2) is 0 Å². The van der Waals surface area contributed by atoms with E-state index in [2.05, 4.69) is 71.7 Å². The Hall–Kier alpha value is -2.54. The lowest BCUT2D eigenvalue weighted by molar-refractivity contribution is 1.45. The van der Waals surface area contributed by atoms with E-state index in [0.717, 1.165) is 0 Å². The van der Waals surface area contributed by atoms with Crippen LogP contribution in [0.1, 0.15) is 0 Å². The van der Waals surface area contributed by atoms with Crippen LogP contribution in [0.15, 0.2) is 72.8 Å². The van der Waals surface area contributed by atoms with Crippen LogP contribution in [0.25, 0.3) is 32.9 Å². The van der Waals surface area contributed by atoms with Crippen molar-refractivity contribution >= 4 is 21.7 Å². The SMILES string of the molecule is c1ccc(-c2cc3c(ccc4ccccc43)[nH]2)cc1. The minimum atomic E-state index is 1.17. The lowest BCUT2D eigenvalue weighted by atomic mass is 10.1. The Bertz CT molecular complexity index is 857. The molecule has 0 spiro atoms. The minimum Gasteiger partial charge on any atom is -0.355 e. The van der Waals surface area contributed by atoms with Crippen LogP contribution in [0.2, 0.25) is 0 Å². The highest BCUT2D eigenvalue weighted by molar-refractivity contribution is 6.08. The maximum absolute atomic E-state index is 3.50. The highest BCUT2D eigenvalue weighted by Crippen LogP contribution is 2.29. The number of rotatable bonds is 1. The minimum absolute atomic E-state index is 1.17. The molecule has 0 aliphatic heterocycles. The van der Waals surface area contributed by atoms with Crippen molar-refractivity contribution in [3.63, 3.8) is 0 Å². The summed E-state index contributed by atoms with van der Waals surface area (Å²) in [5.74, 6) is 0. The monoisotopic (exact) mass is 243 g/mol. The second-order valence-corrected chi connectivity index (χ2v) is 4.80. The van der Waals surface area contributed by atoms with Crippen molar-refractivity contribution in [1.29, 1.82) is 0 Å². The molecule has 4 rings (SSSR count). The highest BCUT2D eigenvalue weighted by atomic mass is 14.7. The maximum Gasteiger partial charge on any atom is 0.0465 e. The third-order valence-electron chi connectivity index (χ3n) is 3.61. The number of aromatic nitrogens is 1. The first-order chi connectivity index (χ1) is 9.42. The fraction of sp³-hybridized carbons (Fsp3) is 0. The van der Waals surface area contributed by atoms with Gasteiger partial charge in [-0.3, -0.25) is 0 Å². The van der Waals surface area contributed by atoms with E-state index in [9.17, 15) is 0 Å². The Morgan fingerprint density at radius 1 is 0.632 bits per heavy atom. The fourth-order valence-electron chi connectivity index (χ4n) is 2.66. The number of fused-ring (bicyclic) bond motifs is 3. The normalized spacial score (nSPS) is 11.2. The molecule has 0 fully saturated rings. The van der Waals surface area contributed by atoms with Crippen molar-refractivity contribution in [2.75, 3.05) is 0 Å². The highest BCUT2D eigenvalue weighted by Gasteiger charge is 2.05. The summed E-state index contributed by atoms with van der Waals surface area (Å²) in [5, 5.41) is 3.88. The van der Waals surface area contributed by atoms with Crippen LogP contribution in [-0.4, -0.2) is 4.98 Å². The second-order valence-electron chi connectivity index (χ2n) is 4.80. The van der Waals surface area contributed by atoms with Crippen LogP contribution in [0.3, 0.4) is 0 Å². The van der Waals surface area contributed by atoms with Gasteiger partial charge in [-0.2, -0.15) is 0 Å². The van der Waals surface area contributed by atoms with E-state index < -0.39 is 0 Å². The molecule has 1 N–H and O–H groups in total. The van der Waals surface area contributed by atoms with Gasteiger partial charge >= 0.3 is 0 Å². The molecule has 90 valence electrons. The third kappa shape index (κ3) is 1.63. The van der Waals surface area contributed by atoms with E-state index in [1.807, 2.05) is 6.07 Å². The van der Waals surface area contributed by atoms with E-state index >= 15 is 0 Å². The summed E-state index contributed by atoms with van der Waals surface area (Å²) in [5.41, 5.74) is 3.59. The molecule has 0 amide bonds. The van der Waals surface area contributed by atoms with Gasteiger partial charge < -0.3 is 4.98 Å². The summed E-state index contributed by atoms with van der Waals surface area (Å²) in [6.45, 7) is 0. The Morgan fingerprint density at radius 2 is 1.42 bits per heavy atom. The van der Waals surface area contributed by atoms with Crippen LogP contribution >= 0.6 is 0 Å². The van der Waals surface area contributed by atoms with E-state index in [-0.39, 0.29) is 0 Å². The Morgan fingerprint density at radius 3 is 2.32 bits per heavy atom. The van der Waals surface area contributed by atoms with Crippen LogP contribution in [0.4, 0.5) is 0 Å². The molecule has 0 radical (unpaired) electrons. The summed E-state index contributed by atoms with van der Waals surface area (Å²) in [6, 6.07) is 25.5. The molecule has 3 aromatic carbocycles. The number of H-pyrrole nitrogens is 1. The zero-order chi connectivity index (χ0) is 12.7. The summed E-state index contributed by atoms with van der Waals surface area (Å²) < 4.78 is 0. The smallest absolute Gasteiger partial charge is 0.0465 e. The molecule has 1 nitrogen and oxygen atoms in total. The van der Waals surface area contributed by atoms with Crippen molar-refractivity contribution in [1.82, 2.24) is 4.98 Å². The lowest BCUT2D eigenvalue weighted by Crippen LogP contribution is -1.74. The van der Waals surface area contributed by atoms with Gasteiger partial charge in [-0.05, 0) is 28.5 Å². The molecule has 19 heavy (non-hydrogen) atoms. The molecule has 1 heterocycles. The summed E-state index contributed by atoms with van der Waals surface area (Å²) in [4.78, 5) is 3.50. The van der Waals surface area contributed by atoms with E-state index in [1.54, 1.807) is 0 Å². The van der Waals surface area contributed by atoms with Gasteiger partial charge in [0.05, 0.1) is 0 Å². The lowest BCUT2D eigenvalue weighted by Gasteiger charge is -1.97. The van der Waals surface area contributed by atoms with Gasteiger partial charge in [0.1, 0.15) is 0 Å². The zero-order valence-electron chi connectivity index (χ0n) is 10.4. The topological polar surface area (TPSA) is 15.8 Å².